The molecule has 2 saturated heterocycles. The van der Waals surface area contributed by atoms with Crippen molar-refractivity contribution in [1.29, 1.82) is 0 Å². The first-order valence-corrected chi connectivity index (χ1v) is 11.8. The number of para-hydroxylation sites is 1. The van der Waals surface area contributed by atoms with Gasteiger partial charge in [0, 0.05) is 24.8 Å². The molecule has 2 heterocycles. The summed E-state index contributed by atoms with van der Waals surface area (Å²) in [4.78, 5) is 29.1. The van der Waals surface area contributed by atoms with Crippen LogP contribution in [0, 0.1) is 5.92 Å². The number of benzene rings is 1. The van der Waals surface area contributed by atoms with Gasteiger partial charge in [-0.3, -0.25) is 14.5 Å². The van der Waals surface area contributed by atoms with Crippen LogP contribution in [0.3, 0.4) is 0 Å². The molecular formula is C20H29N3O4S. The van der Waals surface area contributed by atoms with E-state index >= 15 is 0 Å². The maximum absolute atomic E-state index is 12.8. The lowest BCUT2D eigenvalue weighted by atomic mass is 9.97. The second-order valence-electron chi connectivity index (χ2n) is 7.67. The Bertz CT molecular complexity index is 797. The summed E-state index contributed by atoms with van der Waals surface area (Å²) in [5, 5.41) is 2.95. The van der Waals surface area contributed by atoms with Gasteiger partial charge in [-0.25, -0.2) is 8.42 Å². The maximum Gasteiger partial charge on any atom is 0.237 e. The number of carbonyl (C=O) groups is 2. The Morgan fingerprint density at radius 1 is 1.21 bits per heavy atom. The van der Waals surface area contributed by atoms with E-state index in [4.69, 9.17) is 0 Å². The fourth-order valence-corrected chi connectivity index (χ4v) is 5.85. The van der Waals surface area contributed by atoms with Crippen molar-refractivity contribution in [2.24, 2.45) is 5.92 Å². The third kappa shape index (κ3) is 5.32. The lowest BCUT2D eigenvalue weighted by molar-refractivity contribution is -0.135. The molecule has 0 aliphatic carbocycles. The van der Waals surface area contributed by atoms with Gasteiger partial charge in [-0.1, -0.05) is 18.2 Å². The molecule has 2 amide bonds. The third-order valence-electron chi connectivity index (χ3n) is 5.59. The average Bonchev–Trinajstić information content (AvgIpc) is 3.03. The number of likely N-dealkylation sites (N-methyl/N-ethyl adjacent to an activating group) is 1. The van der Waals surface area contributed by atoms with Crippen LogP contribution in [-0.2, 0) is 19.4 Å². The van der Waals surface area contributed by atoms with E-state index in [9.17, 15) is 18.0 Å². The molecule has 2 fully saturated rings. The molecule has 1 aromatic rings. The molecule has 0 bridgehead atoms. The molecule has 2 aliphatic rings. The number of anilines is 1. The quantitative estimate of drug-likeness (QED) is 0.770. The van der Waals surface area contributed by atoms with E-state index in [1.807, 2.05) is 42.2 Å². The van der Waals surface area contributed by atoms with Crippen molar-refractivity contribution in [2.45, 2.75) is 32.2 Å². The minimum atomic E-state index is -3.03. The van der Waals surface area contributed by atoms with E-state index in [0.717, 1.165) is 25.1 Å². The van der Waals surface area contributed by atoms with Crippen molar-refractivity contribution < 1.29 is 18.0 Å². The van der Waals surface area contributed by atoms with Gasteiger partial charge in [0.1, 0.15) is 0 Å². The molecule has 154 valence electrons. The maximum atomic E-state index is 12.8. The van der Waals surface area contributed by atoms with Gasteiger partial charge in [0.15, 0.2) is 9.84 Å². The van der Waals surface area contributed by atoms with Crippen LogP contribution in [0.25, 0.3) is 0 Å². The van der Waals surface area contributed by atoms with Crippen LogP contribution in [0.2, 0.25) is 0 Å². The lowest BCUT2D eigenvalue weighted by Crippen LogP contribution is -2.49. The first-order chi connectivity index (χ1) is 13.4. The SMILES string of the molecule is CCN(C(=O)CN1CCC[C@H](C(=O)Nc2ccccc2)C1)[C@H]1CCS(=O)(=O)C1. The highest BCUT2D eigenvalue weighted by Gasteiger charge is 2.35. The Morgan fingerprint density at radius 3 is 2.61 bits per heavy atom. The van der Waals surface area contributed by atoms with E-state index in [-0.39, 0.29) is 41.8 Å². The van der Waals surface area contributed by atoms with Crippen LogP contribution in [0.1, 0.15) is 26.2 Å². The van der Waals surface area contributed by atoms with Crippen molar-refractivity contribution in [1.82, 2.24) is 9.80 Å². The zero-order valence-corrected chi connectivity index (χ0v) is 17.2. The monoisotopic (exact) mass is 407 g/mol. The molecule has 8 heteroatoms. The van der Waals surface area contributed by atoms with E-state index in [0.29, 0.717) is 19.5 Å². The average molecular weight is 408 g/mol. The molecule has 7 nitrogen and oxygen atoms in total. The number of likely N-dealkylation sites (tertiary alicyclic amines) is 1. The van der Waals surface area contributed by atoms with Gasteiger partial charge in [0.05, 0.1) is 24.0 Å². The molecule has 0 spiro atoms. The standard InChI is InChI=1S/C20H29N3O4S/c1-2-23(18-10-12-28(26,27)15-18)19(24)14-22-11-6-7-16(13-22)20(25)21-17-8-4-3-5-9-17/h3-5,8-9,16,18H,2,6-7,10-15H2,1H3,(H,21,25)/t16-,18-/m0/s1. The number of rotatable bonds is 6. The molecule has 3 rings (SSSR count). The van der Waals surface area contributed by atoms with Gasteiger partial charge in [-0.15, -0.1) is 0 Å². The van der Waals surface area contributed by atoms with Crippen LogP contribution in [0.5, 0.6) is 0 Å². The number of nitrogens with zero attached hydrogens (tertiary/aromatic N) is 2. The Balaban J connectivity index is 1.55. The topological polar surface area (TPSA) is 86.8 Å². The number of nitrogens with one attached hydrogen (secondary N) is 1. The summed E-state index contributed by atoms with van der Waals surface area (Å²) < 4.78 is 23.5. The zero-order valence-electron chi connectivity index (χ0n) is 16.3. The molecule has 1 N–H and O–H groups in total. The summed E-state index contributed by atoms with van der Waals surface area (Å²) in [6.45, 7) is 3.95. The van der Waals surface area contributed by atoms with E-state index in [1.165, 1.54) is 0 Å². The van der Waals surface area contributed by atoms with Crippen molar-refractivity contribution in [3.8, 4) is 0 Å². The Kier molecular flexibility index (Phi) is 6.72. The number of amides is 2. The van der Waals surface area contributed by atoms with Crippen LogP contribution in [-0.4, -0.2) is 73.8 Å². The summed E-state index contributed by atoms with van der Waals surface area (Å²) in [6, 6.07) is 9.16. The van der Waals surface area contributed by atoms with Crippen molar-refractivity contribution in [3.05, 3.63) is 30.3 Å². The number of carbonyl (C=O) groups excluding carboxylic acids is 2. The summed E-state index contributed by atoms with van der Waals surface area (Å²) in [5.74, 6) is 0.0108. The van der Waals surface area contributed by atoms with Gasteiger partial charge in [0.25, 0.3) is 0 Å². The molecule has 2 atom stereocenters. The number of sulfone groups is 1. The molecule has 1 aromatic carbocycles. The van der Waals surface area contributed by atoms with Crippen LogP contribution in [0.15, 0.2) is 30.3 Å². The summed E-state index contributed by atoms with van der Waals surface area (Å²) in [6.07, 6.45) is 2.19. The first kappa shape index (κ1) is 20.8. The second-order valence-corrected chi connectivity index (χ2v) is 9.89. The van der Waals surface area contributed by atoms with E-state index in [1.54, 1.807) is 4.90 Å². The van der Waals surface area contributed by atoms with Gasteiger partial charge >= 0.3 is 0 Å². The molecule has 0 saturated carbocycles. The molecule has 2 aliphatic heterocycles. The Morgan fingerprint density at radius 2 is 1.96 bits per heavy atom. The minimum Gasteiger partial charge on any atom is -0.338 e. The summed E-state index contributed by atoms with van der Waals surface area (Å²) >= 11 is 0. The highest BCUT2D eigenvalue weighted by Crippen LogP contribution is 2.21. The molecule has 28 heavy (non-hydrogen) atoms. The van der Waals surface area contributed by atoms with Crippen molar-refractivity contribution >= 4 is 27.3 Å². The van der Waals surface area contributed by atoms with Gasteiger partial charge in [0.2, 0.25) is 11.8 Å². The number of hydrogen-bond acceptors (Lipinski definition) is 5. The molecular weight excluding hydrogens is 378 g/mol. The normalized spacial score (nSPS) is 24.6. The predicted molar refractivity (Wildman–Crippen MR) is 109 cm³/mol. The van der Waals surface area contributed by atoms with Gasteiger partial charge in [-0.2, -0.15) is 0 Å². The number of piperidine rings is 1. The number of hydrogen-bond donors (Lipinski definition) is 1. The van der Waals surface area contributed by atoms with E-state index < -0.39 is 9.84 Å². The van der Waals surface area contributed by atoms with Gasteiger partial charge < -0.3 is 10.2 Å². The predicted octanol–water partition coefficient (Wildman–Crippen LogP) is 1.37. The van der Waals surface area contributed by atoms with Crippen LogP contribution >= 0.6 is 0 Å². The summed E-state index contributed by atoms with van der Waals surface area (Å²) in [7, 11) is -3.03. The Hall–Kier alpha value is -1.93. The molecule has 0 radical (unpaired) electrons. The summed E-state index contributed by atoms with van der Waals surface area (Å²) in [5.41, 5.74) is 0.778. The fraction of sp³-hybridized carbons (Fsp3) is 0.600. The lowest BCUT2D eigenvalue weighted by Gasteiger charge is -2.34. The molecule has 0 aromatic heterocycles. The van der Waals surface area contributed by atoms with Crippen molar-refractivity contribution in [3.63, 3.8) is 0 Å². The third-order valence-corrected chi connectivity index (χ3v) is 7.34. The smallest absolute Gasteiger partial charge is 0.237 e. The van der Waals surface area contributed by atoms with Crippen molar-refractivity contribution in [2.75, 3.05) is 43.0 Å². The van der Waals surface area contributed by atoms with E-state index in [2.05, 4.69) is 5.32 Å². The van der Waals surface area contributed by atoms with Gasteiger partial charge in [-0.05, 0) is 44.9 Å². The largest absolute Gasteiger partial charge is 0.338 e. The first-order valence-electron chi connectivity index (χ1n) is 9.96. The highest BCUT2D eigenvalue weighted by molar-refractivity contribution is 7.91. The fourth-order valence-electron chi connectivity index (χ4n) is 4.12. The Labute approximate surface area is 167 Å². The minimum absolute atomic E-state index is 0.0161. The molecule has 0 unspecified atom stereocenters. The van der Waals surface area contributed by atoms with Crippen LogP contribution in [0.4, 0.5) is 5.69 Å². The highest BCUT2D eigenvalue weighted by atomic mass is 32.2. The zero-order chi connectivity index (χ0) is 20.1. The second kappa shape index (κ2) is 9.05. The van der Waals surface area contributed by atoms with Crippen LogP contribution < -0.4 is 5.32 Å².